The Hall–Kier alpha value is -1.63. The molecule has 0 N–H and O–H groups in total. The Labute approximate surface area is 156 Å². The number of para-hydroxylation sites is 1. The maximum atomic E-state index is 12.8. The van der Waals surface area contributed by atoms with Crippen LogP contribution in [0.15, 0.2) is 40.8 Å². The van der Waals surface area contributed by atoms with Crippen molar-refractivity contribution in [2.75, 3.05) is 13.2 Å². The fourth-order valence-corrected chi connectivity index (χ4v) is 4.50. The molecule has 1 aromatic rings. The molecule has 3 heterocycles. The highest BCUT2D eigenvalue weighted by molar-refractivity contribution is 8.26. The molecule has 0 aromatic heterocycles. The number of thioether (sulfide) groups is 1. The molecule has 2 atom stereocenters. The van der Waals surface area contributed by atoms with Crippen LogP contribution in [0.1, 0.15) is 25.3 Å². The zero-order chi connectivity index (χ0) is 17.4. The monoisotopic (exact) mass is 373 g/mol. The van der Waals surface area contributed by atoms with Crippen molar-refractivity contribution in [2.45, 2.75) is 32.0 Å². The Balaban J connectivity index is 1.56. The molecule has 4 nitrogen and oxygen atoms in total. The summed E-state index contributed by atoms with van der Waals surface area (Å²) >= 11 is 6.77. The van der Waals surface area contributed by atoms with Crippen molar-refractivity contribution in [3.63, 3.8) is 0 Å². The van der Waals surface area contributed by atoms with Crippen LogP contribution in [0.5, 0.6) is 5.75 Å². The third kappa shape index (κ3) is 3.38. The number of carbonyl (C=O) groups excluding carboxylic acids is 1. The molecule has 0 saturated carbocycles. The summed E-state index contributed by atoms with van der Waals surface area (Å²) in [5.74, 6) is 0.843. The van der Waals surface area contributed by atoms with Gasteiger partial charge in [-0.1, -0.05) is 42.2 Å². The predicted octanol–water partition coefficient (Wildman–Crippen LogP) is 3.77. The lowest BCUT2D eigenvalue weighted by Crippen LogP contribution is -2.35. The molecule has 3 aliphatic heterocycles. The largest absolute Gasteiger partial charge is 0.485 e. The molecule has 3 aliphatic rings. The minimum absolute atomic E-state index is 0.0301. The number of rotatable bonds is 3. The van der Waals surface area contributed by atoms with Gasteiger partial charge in [-0.2, -0.15) is 0 Å². The van der Waals surface area contributed by atoms with Crippen LogP contribution in [0, 0.1) is 0 Å². The van der Waals surface area contributed by atoms with Crippen molar-refractivity contribution < 1.29 is 14.3 Å². The molecule has 2 saturated heterocycles. The molecular formula is C19H19NO3S2. The van der Waals surface area contributed by atoms with E-state index in [2.05, 4.69) is 6.08 Å². The molecule has 0 bridgehead atoms. The van der Waals surface area contributed by atoms with Gasteiger partial charge in [-0.15, -0.1) is 0 Å². The zero-order valence-corrected chi connectivity index (χ0v) is 15.6. The van der Waals surface area contributed by atoms with Gasteiger partial charge in [0.15, 0.2) is 0 Å². The molecule has 0 spiro atoms. The van der Waals surface area contributed by atoms with Gasteiger partial charge in [-0.05, 0) is 43.6 Å². The highest BCUT2D eigenvalue weighted by Crippen LogP contribution is 2.36. The third-order valence-electron chi connectivity index (χ3n) is 4.60. The first-order chi connectivity index (χ1) is 12.1. The van der Waals surface area contributed by atoms with Gasteiger partial charge in [-0.3, -0.25) is 9.69 Å². The van der Waals surface area contributed by atoms with Crippen molar-refractivity contribution in [2.24, 2.45) is 0 Å². The minimum atomic E-state index is -0.100. The molecule has 25 heavy (non-hydrogen) atoms. The average molecular weight is 373 g/mol. The van der Waals surface area contributed by atoms with Crippen molar-refractivity contribution in [3.05, 3.63) is 46.4 Å². The summed E-state index contributed by atoms with van der Waals surface area (Å²) in [5.41, 5.74) is 2.01. The molecule has 0 radical (unpaired) electrons. The van der Waals surface area contributed by atoms with Crippen LogP contribution in [0.2, 0.25) is 0 Å². The second-order valence-electron chi connectivity index (χ2n) is 6.37. The SMILES string of the molecule is C[C@@H]1Oc2ccccc2C=C1/C=C1\SC(=S)N(C[C@H]2CCCO2)C1=O. The van der Waals surface area contributed by atoms with E-state index in [1.165, 1.54) is 11.8 Å². The number of hydrogen-bond donors (Lipinski definition) is 0. The molecule has 130 valence electrons. The molecule has 4 rings (SSSR count). The fraction of sp³-hybridized carbons (Fsp3) is 0.368. The first-order valence-corrected chi connectivity index (χ1v) is 9.68. The molecular weight excluding hydrogens is 354 g/mol. The van der Waals surface area contributed by atoms with Crippen LogP contribution in [0.25, 0.3) is 6.08 Å². The third-order valence-corrected chi connectivity index (χ3v) is 5.97. The lowest BCUT2D eigenvalue weighted by molar-refractivity contribution is -0.123. The minimum Gasteiger partial charge on any atom is -0.485 e. The first kappa shape index (κ1) is 16.8. The van der Waals surface area contributed by atoms with E-state index in [1.807, 2.05) is 37.3 Å². The van der Waals surface area contributed by atoms with Gasteiger partial charge in [0.1, 0.15) is 16.2 Å². The van der Waals surface area contributed by atoms with Gasteiger partial charge < -0.3 is 9.47 Å². The smallest absolute Gasteiger partial charge is 0.266 e. The second kappa shape index (κ2) is 6.94. The van der Waals surface area contributed by atoms with E-state index in [9.17, 15) is 4.79 Å². The highest BCUT2D eigenvalue weighted by atomic mass is 32.2. The first-order valence-electron chi connectivity index (χ1n) is 8.46. The summed E-state index contributed by atoms with van der Waals surface area (Å²) in [6.45, 7) is 3.32. The van der Waals surface area contributed by atoms with Crippen LogP contribution < -0.4 is 4.74 Å². The Bertz CT molecular complexity index is 781. The fourth-order valence-electron chi connectivity index (χ4n) is 3.22. The summed E-state index contributed by atoms with van der Waals surface area (Å²) in [6.07, 6.45) is 6.03. The normalized spacial score (nSPS) is 27.5. The molecule has 2 fully saturated rings. The van der Waals surface area contributed by atoms with Crippen LogP contribution in [0.4, 0.5) is 0 Å². The molecule has 6 heteroatoms. The van der Waals surface area contributed by atoms with Crippen molar-refractivity contribution >= 4 is 40.3 Å². The zero-order valence-electron chi connectivity index (χ0n) is 13.9. The Morgan fingerprint density at radius 3 is 3.04 bits per heavy atom. The summed E-state index contributed by atoms with van der Waals surface area (Å²) in [6, 6.07) is 7.91. The Morgan fingerprint density at radius 1 is 1.40 bits per heavy atom. The number of ether oxygens (including phenoxy) is 2. The van der Waals surface area contributed by atoms with Gasteiger partial charge in [0, 0.05) is 12.2 Å². The van der Waals surface area contributed by atoms with E-state index in [0.29, 0.717) is 15.8 Å². The van der Waals surface area contributed by atoms with Crippen molar-refractivity contribution in [3.8, 4) is 5.75 Å². The number of hydrogen-bond acceptors (Lipinski definition) is 5. The maximum Gasteiger partial charge on any atom is 0.266 e. The Morgan fingerprint density at radius 2 is 2.24 bits per heavy atom. The Kier molecular flexibility index (Phi) is 4.67. The van der Waals surface area contributed by atoms with Crippen molar-refractivity contribution in [1.82, 2.24) is 4.90 Å². The molecule has 1 aromatic carbocycles. The van der Waals surface area contributed by atoms with Gasteiger partial charge in [0.25, 0.3) is 5.91 Å². The van der Waals surface area contributed by atoms with Gasteiger partial charge >= 0.3 is 0 Å². The van der Waals surface area contributed by atoms with E-state index in [1.54, 1.807) is 4.90 Å². The van der Waals surface area contributed by atoms with Gasteiger partial charge in [0.2, 0.25) is 0 Å². The van der Waals surface area contributed by atoms with Crippen LogP contribution in [-0.2, 0) is 9.53 Å². The number of fused-ring (bicyclic) bond motifs is 1. The number of benzene rings is 1. The number of thiocarbonyl (C=S) groups is 1. The van der Waals surface area contributed by atoms with Crippen LogP contribution in [0.3, 0.4) is 0 Å². The number of nitrogens with zero attached hydrogens (tertiary/aromatic N) is 1. The molecule has 1 amide bonds. The summed E-state index contributed by atoms with van der Waals surface area (Å²) in [5, 5.41) is 0. The van der Waals surface area contributed by atoms with Gasteiger partial charge in [-0.25, -0.2) is 0 Å². The average Bonchev–Trinajstić information content (AvgIpc) is 3.20. The lowest BCUT2D eigenvalue weighted by atomic mass is 10.0. The van der Waals surface area contributed by atoms with E-state index < -0.39 is 0 Å². The van der Waals surface area contributed by atoms with E-state index in [4.69, 9.17) is 21.7 Å². The van der Waals surface area contributed by atoms with E-state index in [0.717, 1.165) is 36.3 Å². The van der Waals surface area contributed by atoms with Crippen LogP contribution in [-0.4, -0.2) is 40.5 Å². The molecule has 0 aliphatic carbocycles. The topological polar surface area (TPSA) is 38.8 Å². The second-order valence-corrected chi connectivity index (χ2v) is 8.05. The van der Waals surface area contributed by atoms with Crippen molar-refractivity contribution in [1.29, 1.82) is 0 Å². The summed E-state index contributed by atoms with van der Waals surface area (Å²) < 4.78 is 12.2. The quantitative estimate of drug-likeness (QED) is 0.596. The summed E-state index contributed by atoms with van der Waals surface area (Å²) in [4.78, 5) is 15.1. The standard InChI is InChI=1S/C19H19NO3S2/c1-12-14(9-13-5-2-3-7-16(13)23-12)10-17-18(21)20(19(24)25-17)11-15-6-4-8-22-15/h2-3,5,7,9-10,12,15H,4,6,8,11H2,1H3/b17-10-/t12-,15+/m0/s1. The van der Waals surface area contributed by atoms with Crippen LogP contribution >= 0.6 is 24.0 Å². The molecule has 0 unspecified atom stereocenters. The van der Waals surface area contributed by atoms with E-state index >= 15 is 0 Å². The summed E-state index contributed by atoms with van der Waals surface area (Å²) in [7, 11) is 0. The predicted molar refractivity (Wildman–Crippen MR) is 103 cm³/mol. The number of amides is 1. The lowest BCUT2D eigenvalue weighted by Gasteiger charge is -2.23. The highest BCUT2D eigenvalue weighted by Gasteiger charge is 2.35. The maximum absolute atomic E-state index is 12.8. The van der Waals surface area contributed by atoms with E-state index in [-0.39, 0.29) is 18.1 Å². The van der Waals surface area contributed by atoms with Gasteiger partial charge in [0.05, 0.1) is 17.6 Å². The number of carbonyl (C=O) groups is 1.